The van der Waals surface area contributed by atoms with Crippen molar-refractivity contribution in [3.05, 3.63) is 70.9 Å². The third-order valence-corrected chi connectivity index (χ3v) is 5.70. The molecule has 0 bridgehead atoms. The second-order valence-corrected chi connectivity index (χ2v) is 7.58. The minimum Gasteiger partial charge on any atom is -0.368 e. The molecule has 0 spiro atoms. The van der Waals surface area contributed by atoms with Crippen LogP contribution < -0.4 is 5.73 Å². The lowest BCUT2D eigenvalue weighted by Gasteiger charge is -2.28. The summed E-state index contributed by atoms with van der Waals surface area (Å²) in [4.78, 5) is 23.7. The van der Waals surface area contributed by atoms with Gasteiger partial charge in [0.1, 0.15) is 5.76 Å². The molecule has 0 saturated heterocycles. The van der Waals surface area contributed by atoms with Crippen LogP contribution in [0.1, 0.15) is 33.1 Å². The molecule has 0 aliphatic carbocycles. The number of rotatable bonds is 2. The van der Waals surface area contributed by atoms with E-state index in [1.54, 1.807) is 6.20 Å². The van der Waals surface area contributed by atoms with Gasteiger partial charge in [0.15, 0.2) is 0 Å². The van der Waals surface area contributed by atoms with E-state index in [2.05, 4.69) is 15.1 Å². The largest absolute Gasteiger partial charge is 0.368 e. The zero-order valence-corrected chi connectivity index (χ0v) is 16.8. The first-order valence-electron chi connectivity index (χ1n) is 9.87. The number of anilines is 1. The van der Waals surface area contributed by atoms with Crippen LogP contribution in [0.5, 0.6) is 0 Å². The number of hydrogen-bond acceptors (Lipinski definition) is 6. The Morgan fingerprint density at radius 1 is 1.13 bits per heavy atom. The quantitative estimate of drug-likeness (QED) is 0.552. The Bertz CT molecular complexity index is 1270. The molecule has 5 rings (SSSR count). The molecule has 30 heavy (non-hydrogen) atoms. The molecule has 7 nitrogen and oxygen atoms in total. The molecule has 0 atom stereocenters. The Morgan fingerprint density at radius 2 is 1.93 bits per heavy atom. The fourth-order valence-corrected chi connectivity index (χ4v) is 4.25. The van der Waals surface area contributed by atoms with Gasteiger partial charge >= 0.3 is 0 Å². The van der Waals surface area contributed by atoms with Crippen molar-refractivity contribution < 1.29 is 9.32 Å². The van der Waals surface area contributed by atoms with Crippen molar-refractivity contribution in [1.82, 2.24) is 20.0 Å². The maximum absolute atomic E-state index is 13.5. The first-order chi connectivity index (χ1) is 14.5. The monoisotopic (exact) mass is 399 g/mol. The summed E-state index contributed by atoms with van der Waals surface area (Å²) in [5, 5.41) is 6.01. The average Bonchev–Trinajstić information content (AvgIpc) is 3.10. The number of benzene rings is 2. The summed E-state index contributed by atoms with van der Waals surface area (Å²) in [6.07, 6.45) is 2.39. The molecule has 2 aromatic heterocycles. The summed E-state index contributed by atoms with van der Waals surface area (Å²) < 4.78 is 5.37. The maximum atomic E-state index is 13.5. The Labute approximate surface area is 173 Å². The molecular formula is C23H21N5O2. The maximum Gasteiger partial charge on any atom is 0.254 e. The number of carbonyl (C=O) groups excluding carboxylic acids is 1. The number of aromatic nitrogens is 3. The van der Waals surface area contributed by atoms with Gasteiger partial charge in [0, 0.05) is 42.4 Å². The molecule has 1 amide bonds. The third-order valence-electron chi connectivity index (χ3n) is 5.70. The first kappa shape index (κ1) is 18.3. The van der Waals surface area contributed by atoms with Gasteiger partial charge in [-0.05, 0) is 36.2 Å². The van der Waals surface area contributed by atoms with Crippen molar-refractivity contribution in [2.75, 3.05) is 12.3 Å². The van der Waals surface area contributed by atoms with E-state index in [0.717, 1.165) is 44.6 Å². The summed E-state index contributed by atoms with van der Waals surface area (Å²) in [7, 11) is 0. The van der Waals surface area contributed by atoms with E-state index in [4.69, 9.17) is 10.3 Å². The molecule has 1 aliphatic heterocycles. The van der Waals surface area contributed by atoms with Crippen LogP contribution in [0.2, 0.25) is 0 Å². The van der Waals surface area contributed by atoms with Gasteiger partial charge in [-0.25, -0.2) is 9.97 Å². The highest BCUT2D eigenvalue weighted by molar-refractivity contribution is 6.11. The van der Waals surface area contributed by atoms with Crippen LogP contribution >= 0.6 is 0 Å². The zero-order valence-electron chi connectivity index (χ0n) is 16.8. The summed E-state index contributed by atoms with van der Waals surface area (Å²) in [5.74, 6) is 1.04. The fourth-order valence-electron chi connectivity index (χ4n) is 4.25. The van der Waals surface area contributed by atoms with E-state index in [1.165, 1.54) is 0 Å². The Kier molecular flexibility index (Phi) is 4.24. The first-order valence-corrected chi connectivity index (χ1v) is 9.87. The summed E-state index contributed by atoms with van der Waals surface area (Å²) in [6, 6.07) is 11.9. The number of nitrogens with zero attached hydrogens (tertiary/aromatic N) is 4. The van der Waals surface area contributed by atoms with Gasteiger partial charge in [-0.15, -0.1) is 0 Å². The number of carbonyl (C=O) groups is 1. The highest BCUT2D eigenvalue weighted by Gasteiger charge is 2.25. The molecule has 4 aromatic rings. The van der Waals surface area contributed by atoms with Crippen molar-refractivity contribution in [1.29, 1.82) is 0 Å². The predicted octanol–water partition coefficient (Wildman–Crippen LogP) is 3.68. The molecule has 2 aromatic carbocycles. The molecule has 0 fully saturated rings. The van der Waals surface area contributed by atoms with E-state index >= 15 is 0 Å². The van der Waals surface area contributed by atoms with Crippen molar-refractivity contribution in [3.63, 3.8) is 0 Å². The minimum absolute atomic E-state index is 0.000937. The van der Waals surface area contributed by atoms with E-state index < -0.39 is 0 Å². The lowest BCUT2D eigenvalue weighted by Crippen LogP contribution is -2.36. The van der Waals surface area contributed by atoms with Crippen molar-refractivity contribution >= 4 is 22.6 Å². The highest BCUT2D eigenvalue weighted by Crippen LogP contribution is 2.35. The highest BCUT2D eigenvalue weighted by atomic mass is 16.5. The normalized spacial score (nSPS) is 13.5. The summed E-state index contributed by atoms with van der Waals surface area (Å²) in [5.41, 5.74) is 11.1. The second-order valence-electron chi connectivity index (χ2n) is 7.58. The number of aryl methyl sites for hydroxylation is 2. The summed E-state index contributed by atoms with van der Waals surface area (Å²) in [6.45, 7) is 4.92. The standard InChI is InChI=1S/C23H21N5O2/c1-13-21(14(2)30-27-13)18-7-8-19(17-6-4-3-5-16(17)18)22(29)28-10-9-20-15(12-28)11-25-23(24)26-20/h3-8,11H,9-10,12H2,1-2H3,(H2,24,25,26). The van der Waals surface area contributed by atoms with Crippen LogP contribution in [0.15, 0.2) is 47.1 Å². The van der Waals surface area contributed by atoms with Crippen LogP contribution in [0.4, 0.5) is 5.95 Å². The van der Waals surface area contributed by atoms with Crippen molar-refractivity contribution in [2.45, 2.75) is 26.8 Å². The van der Waals surface area contributed by atoms with Gasteiger partial charge in [0.25, 0.3) is 5.91 Å². The molecular weight excluding hydrogens is 378 g/mol. The van der Waals surface area contributed by atoms with Gasteiger partial charge in [-0.2, -0.15) is 0 Å². The van der Waals surface area contributed by atoms with Crippen LogP contribution in [0.25, 0.3) is 21.9 Å². The van der Waals surface area contributed by atoms with Gasteiger partial charge in [0.2, 0.25) is 5.95 Å². The van der Waals surface area contributed by atoms with Gasteiger partial charge in [-0.1, -0.05) is 35.5 Å². The predicted molar refractivity (Wildman–Crippen MR) is 114 cm³/mol. The van der Waals surface area contributed by atoms with E-state index in [1.807, 2.05) is 55.1 Å². The van der Waals surface area contributed by atoms with Crippen LogP contribution in [0, 0.1) is 13.8 Å². The van der Waals surface area contributed by atoms with Crippen LogP contribution in [0.3, 0.4) is 0 Å². The third kappa shape index (κ3) is 2.90. The molecule has 0 saturated carbocycles. The topological polar surface area (TPSA) is 98.1 Å². The van der Waals surface area contributed by atoms with Gasteiger partial charge in [-0.3, -0.25) is 4.79 Å². The van der Waals surface area contributed by atoms with E-state index in [-0.39, 0.29) is 11.9 Å². The number of fused-ring (bicyclic) bond motifs is 2. The fraction of sp³-hybridized carbons (Fsp3) is 0.217. The smallest absolute Gasteiger partial charge is 0.254 e. The van der Waals surface area contributed by atoms with Gasteiger partial charge in [0.05, 0.1) is 11.4 Å². The van der Waals surface area contributed by atoms with Crippen molar-refractivity contribution in [2.24, 2.45) is 0 Å². The van der Waals surface area contributed by atoms with Crippen molar-refractivity contribution in [3.8, 4) is 11.1 Å². The minimum atomic E-state index is -0.000937. The van der Waals surface area contributed by atoms with E-state index in [9.17, 15) is 4.79 Å². The molecule has 7 heteroatoms. The van der Waals surface area contributed by atoms with Crippen LogP contribution in [-0.2, 0) is 13.0 Å². The lowest BCUT2D eigenvalue weighted by molar-refractivity contribution is 0.0735. The Balaban J connectivity index is 1.56. The summed E-state index contributed by atoms with van der Waals surface area (Å²) >= 11 is 0. The molecule has 0 unspecified atom stereocenters. The number of hydrogen-bond donors (Lipinski definition) is 1. The van der Waals surface area contributed by atoms with Gasteiger partial charge < -0.3 is 15.2 Å². The molecule has 1 aliphatic rings. The lowest BCUT2D eigenvalue weighted by atomic mass is 9.93. The molecule has 0 radical (unpaired) electrons. The Hall–Kier alpha value is -3.74. The molecule has 2 N–H and O–H groups in total. The van der Waals surface area contributed by atoms with E-state index in [0.29, 0.717) is 25.1 Å². The zero-order chi connectivity index (χ0) is 20.8. The van der Waals surface area contributed by atoms with Crippen LogP contribution in [-0.4, -0.2) is 32.5 Å². The number of nitrogens with two attached hydrogens (primary N) is 1. The average molecular weight is 399 g/mol. The second kappa shape index (κ2) is 6.95. The Morgan fingerprint density at radius 3 is 2.70 bits per heavy atom. The number of nitrogen functional groups attached to an aromatic ring is 1. The number of amides is 1. The molecule has 150 valence electrons. The SMILES string of the molecule is Cc1noc(C)c1-c1ccc(C(=O)N2CCc3nc(N)ncc3C2)c2ccccc12. The molecule has 3 heterocycles.